The first-order valence-corrected chi connectivity index (χ1v) is 18.2. The van der Waals surface area contributed by atoms with Crippen molar-refractivity contribution in [2.75, 3.05) is 5.75 Å². The highest BCUT2D eigenvalue weighted by Gasteiger charge is 2.35. The Kier molecular flexibility index (Phi) is 13.0. The smallest absolute Gasteiger partial charge is 0.285 e. The topological polar surface area (TPSA) is 88.1 Å². The summed E-state index contributed by atoms with van der Waals surface area (Å²) in [5.41, 5.74) is 3.78. The lowest BCUT2D eigenvalue weighted by atomic mass is 9.99. The van der Waals surface area contributed by atoms with Crippen LogP contribution in [0.5, 0.6) is 5.75 Å². The van der Waals surface area contributed by atoms with E-state index in [1.165, 1.54) is 11.0 Å². The SMILES string of the molecule is C=C/C=C\C(=C/C)N1C(=O)/C(=C/c2cc(Br)c(OCc3ccccc3)c(Br)c2)C(=O)N=C1SCC(=O)NC(c1ccccc1)c1ccccc1. The number of aliphatic imine (C=N–C) groups is 1. The molecule has 0 aliphatic carbocycles. The maximum Gasteiger partial charge on any atom is 0.285 e. The number of carbonyl (C=O) groups is 3. The third kappa shape index (κ3) is 9.26. The Hall–Kier alpha value is -4.77. The van der Waals surface area contributed by atoms with Gasteiger partial charge in [-0.2, -0.15) is 4.99 Å². The van der Waals surface area contributed by atoms with Gasteiger partial charge in [0.1, 0.15) is 17.9 Å². The summed E-state index contributed by atoms with van der Waals surface area (Å²) in [6, 6.07) is 32.3. The zero-order valence-corrected chi connectivity index (χ0v) is 31.1. The maximum absolute atomic E-state index is 14.1. The molecule has 0 radical (unpaired) electrons. The molecule has 3 amide bonds. The molecule has 0 atom stereocenters. The average Bonchev–Trinajstić information content (AvgIpc) is 3.13. The van der Waals surface area contributed by atoms with E-state index in [0.717, 1.165) is 28.5 Å². The van der Waals surface area contributed by atoms with Gasteiger partial charge in [-0.15, -0.1) is 0 Å². The summed E-state index contributed by atoms with van der Waals surface area (Å²) in [4.78, 5) is 46.6. The van der Waals surface area contributed by atoms with Crippen LogP contribution in [0.25, 0.3) is 6.08 Å². The van der Waals surface area contributed by atoms with Crippen molar-refractivity contribution >= 4 is 72.6 Å². The van der Waals surface area contributed by atoms with Crippen molar-refractivity contribution in [3.8, 4) is 5.75 Å². The highest BCUT2D eigenvalue weighted by atomic mass is 79.9. The van der Waals surface area contributed by atoms with E-state index in [1.54, 1.807) is 43.4 Å². The normalized spacial score (nSPS) is 14.3. The molecule has 50 heavy (non-hydrogen) atoms. The lowest BCUT2D eigenvalue weighted by Gasteiger charge is -2.28. The van der Waals surface area contributed by atoms with Gasteiger partial charge in [0, 0.05) is 5.70 Å². The van der Waals surface area contributed by atoms with Crippen LogP contribution in [0, 0.1) is 0 Å². The summed E-state index contributed by atoms with van der Waals surface area (Å²) in [5.74, 6) is -1.07. The van der Waals surface area contributed by atoms with Crippen LogP contribution in [-0.2, 0) is 21.0 Å². The number of thioether (sulfide) groups is 1. The number of ether oxygens (including phenoxy) is 1. The molecule has 1 aliphatic rings. The molecule has 0 unspecified atom stereocenters. The van der Waals surface area contributed by atoms with Crippen LogP contribution < -0.4 is 10.1 Å². The number of nitrogens with zero attached hydrogens (tertiary/aromatic N) is 2. The third-order valence-electron chi connectivity index (χ3n) is 7.47. The number of rotatable bonds is 12. The van der Waals surface area contributed by atoms with Crippen LogP contribution in [0.4, 0.5) is 0 Å². The first kappa shape index (κ1) is 36.5. The van der Waals surface area contributed by atoms with Gasteiger partial charge in [-0.1, -0.05) is 128 Å². The molecule has 0 spiro atoms. The number of benzene rings is 4. The predicted molar refractivity (Wildman–Crippen MR) is 208 cm³/mol. The van der Waals surface area contributed by atoms with E-state index in [-0.39, 0.29) is 28.4 Å². The molecule has 5 rings (SSSR count). The number of amidine groups is 1. The number of amides is 3. The number of halogens is 2. The first-order chi connectivity index (χ1) is 24.3. The molecule has 0 bridgehead atoms. The van der Waals surface area contributed by atoms with Crippen molar-refractivity contribution < 1.29 is 19.1 Å². The highest BCUT2D eigenvalue weighted by molar-refractivity contribution is 9.11. The fraction of sp³-hybridized carbons (Fsp3) is 0.100. The van der Waals surface area contributed by atoms with Crippen LogP contribution in [-0.4, -0.2) is 33.5 Å². The number of hydrogen-bond acceptors (Lipinski definition) is 5. The monoisotopic (exact) mass is 809 g/mol. The lowest BCUT2D eigenvalue weighted by molar-refractivity contribution is -0.126. The Labute approximate surface area is 312 Å². The molecule has 1 heterocycles. The first-order valence-electron chi connectivity index (χ1n) is 15.6. The van der Waals surface area contributed by atoms with Gasteiger partial charge in [-0.25, -0.2) is 0 Å². The number of hydrogen-bond donors (Lipinski definition) is 1. The number of nitrogens with one attached hydrogen (secondary N) is 1. The van der Waals surface area contributed by atoms with Crippen LogP contribution in [0.2, 0.25) is 0 Å². The zero-order valence-electron chi connectivity index (χ0n) is 27.1. The van der Waals surface area contributed by atoms with E-state index >= 15 is 0 Å². The molecule has 4 aromatic carbocycles. The molecular weight excluding hydrogens is 778 g/mol. The molecule has 7 nitrogen and oxygen atoms in total. The Balaban J connectivity index is 1.39. The Morgan fingerprint density at radius 1 is 0.940 bits per heavy atom. The second kappa shape index (κ2) is 17.8. The Morgan fingerprint density at radius 3 is 2.08 bits per heavy atom. The van der Waals surface area contributed by atoms with Gasteiger partial charge in [0.05, 0.1) is 20.7 Å². The largest absolute Gasteiger partial charge is 0.487 e. The van der Waals surface area contributed by atoms with E-state index in [9.17, 15) is 14.4 Å². The molecule has 252 valence electrons. The van der Waals surface area contributed by atoms with Gasteiger partial charge in [-0.3, -0.25) is 19.3 Å². The standard InChI is InChI=1S/C40H33Br2N3O4S/c1-3-5-21-31(4-2)45-39(48)32(22-28-23-33(41)37(34(42)24-28)49-25-27-15-9-6-10-16-27)38(47)44-40(45)50-26-35(46)43-36(29-17-11-7-12-18-29)30-19-13-8-14-20-30/h3-24,36H,1,25-26H2,2H3,(H,43,46)/b21-5-,31-4+,32-22+. The van der Waals surface area contributed by atoms with Crippen LogP contribution in [0.3, 0.4) is 0 Å². The summed E-state index contributed by atoms with van der Waals surface area (Å²) in [5, 5.41) is 3.20. The second-order valence-electron chi connectivity index (χ2n) is 10.9. The molecule has 1 N–H and O–H groups in total. The summed E-state index contributed by atoms with van der Waals surface area (Å²) in [6.45, 7) is 5.87. The number of allylic oxidation sites excluding steroid dienone is 4. The van der Waals surface area contributed by atoms with Crippen molar-refractivity contribution in [3.05, 3.63) is 176 Å². The van der Waals surface area contributed by atoms with Gasteiger partial charge in [0.2, 0.25) is 5.91 Å². The van der Waals surface area contributed by atoms with Crippen LogP contribution >= 0.6 is 43.6 Å². The van der Waals surface area contributed by atoms with Crippen LogP contribution in [0.15, 0.2) is 159 Å². The summed E-state index contributed by atoms with van der Waals surface area (Å²) < 4.78 is 7.32. The summed E-state index contributed by atoms with van der Waals surface area (Å²) in [7, 11) is 0. The molecule has 4 aromatic rings. The molecule has 10 heteroatoms. The van der Waals surface area contributed by atoms with Gasteiger partial charge in [-0.05, 0) is 85.3 Å². The molecule has 0 aromatic heterocycles. The van der Waals surface area contributed by atoms with E-state index in [4.69, 9.17) is 4.74 Å². The quantitative estimate of drug-likeness (QED) is 0.0877. The van der Waals surface area contributed by atoms with E-state index in [0.29, 0.717) is 32.6 Å². The van der Waals surface area contributed by atoms with Crippen molar-refractivity contribution in [2.45, 2.75) is 19.6 Å². The molecule has 0 fully saturated rings. The van der Waals surface area contributed by atoms with Crippen molar-refractivity contribution in [1.29, 1.82) is 0 Å². The molecule has 0 saturated heterocycles. The maximum atomic E-state index is 14.1. The molecular formula is C40H33Br2N3O4S. The zero-order chi connectivity index (χ0) is 35.5. The Morgan fingerprint density at radius 2 is 1.52 bits per heavy atom. The third-order valence-corrected chi connectivity index (χ3v) is 9.59. The number of carbonyl (C=O) groups excluding carboxylic acids is 3. The summed E-state index contributed by atoms with van der Waals surface area (Å²) >= 11 is 8.15. The fourth-order valence-electron chi connectivity index (χ4n) is 5.09. The van der Waals surface area contributed by atoms with Crippen molar-refractivity contribution in [3.63, 3.8) is 0 Å². The molecule has 0 saturated carbocycles. The van der Waals surface area contributed by atoms with Crippen molar-refractivity contribution in [2.24, 2.45) is 4.99 Å². The van der Waals surface area contributed by atoms with Gasteiger partial charge in [0.15, 0.2) is 5.17 Å². The molecule has 1 aliphatic heterocycles. The van der Waals surface area contributed by atoms with E-state index in [1.807, 2.05) is 91.0 Å². The van der Waals surface area contributed by atoms with E-state index in [2.05, 4.69) is 48.7 Å². The lowest BCUT2D eigenvalue weighted by Crippen LogP contribution is -2.42. The van der Waals surface area contributed by atoms with E-state index < -0.39 is 11.8 Å². The fourth-order valence-corrected chi connectivity index (χ4v) is 7.35. The van der Waals surface area contributed by atoms with Crippen molar-refractivity contribution in [1.82, 2.24) is 10.2 Å². The highest BCUT2D eigenvalue weighted by Crippen LogP contribution is 2.36. The van der Waals surface area contributed by atoms with Gasteiger partial charge in [0.25, 0.3) is 11.8 Å². The minimum absolute atomic E-state index is 0.0857. The minimum Gasteiger partial charge on any atom is -0.487 e. The predicted octanol–water partition coefficient (Wildman–Crippen LogP) is 9.18. The van der Waals surface area contributed by atoms with Gasteiger partial charge < -0.3 is 10.1 Å². The Bertz CT molecular complexity index is 1930. The van der Waals surface area contributed by atoms with Gasteiger partial charge >= 0.3 is 0 Å². The summed E-state index contributed by atoms with van der Waals surface area (Å²) in [6.07, 6.45) is 8.20. The van der Waals surface area contributed by atoms with Crippen LogP contribution in [0.1, 0.15) is 35.2 Å². The minimum atomic E-state index is -0.708. The average molecular weight is 812 g/mol. The second-order valence-corrected chi connectivity index (χ2v) is 13.6.